The van der Waals surface area contributed by atoms with E-state index in [1.807, 2.05) is 22.1 Å². The van der Waals surface area contributed by atoms with Crippen LogP contribution >= 0.6 is 11.3 Å². The largest absolute Gasteiger partial charge is 0.346 e. The Bertz CT molecular complexity index is 1490. The third kappa shape index (κ3) is 3.79. The highest BCUT2D eigenvalue weighted by Gasteiger charge is 2.49. The molecule has 1 atom stereocenters. The van der Waals surface area contributed by atoms with E-state index < -0.39 is 10.8 Å². The fourth-order valence-corrected chi connectivity index (χ4v) is 8.70. The highest BCUT2D eigenvalue weighted by atomic mass is 32.2. The molecule has 0 amide bonds. The van der Waals surface area contributed by atoms with Gasteiger partial charge in [0.25, 0.3) is 0 Å². The number of aromatic amines is 1. The molecule has 0 bridgehead atoms. The summed E-state index contributed by atoms with van der Waals surface area (Å²) in [5.41, 5.74) is 9.24. The Labute approximate surface area is 220 Å². The number of H-pyrrole nitrogens is 1. The molecule has 5 heterocycles. The van der Waals surface area contributed by atoms with E-state index >= 15 is 0 Å². The maximum absolute atomic E-state index is 11.5. The van der Waals surface area contributed by atoms with Gasteiger partial charge in [0, 0.05) is 57.9 Å². The van der Waals surface area contributed by atoms with E-state index in [4.69, 9.17) is 0 Å². The zero-order valence-electron chi connectivity index (χ0n) is 22.3. The maximum Gasteiger partial charge on any atom is 0.158 e. The SMILES string of the molecule is Cc1c(-c2[nH]c3sc(C4CC5(CCN(CCS(C)=O)C5)C4)c(C)c3c2C(C)C)cn2ncnc2c1C. The van der Waals surface area contributed by atoms with E-state index in [-0.39, 0.29) is 0 Å². The van der Waals surface area contributed by atoms with Crippen molar-refractivity contribution in [2.24, 2.45) is 5.41 Å². The average molecular weight is 524 g/mol. The van der Waals surface area contributed by atoms with Crippen LogP contribution in [-0.2, 0) is 10.8 Å². The summed E-state index contributed by atoms with van der Waals surface area (Å²) in [7, 11) is -0.696. The summed E-state index contributed by atoms with van der Waals surface area (Å²) in [4.78, 5) is 13.8. The molecule has 8 heteroatoms. The molecule has 2 aliphatic rings. The number of aromatic nitrogens is 4. The van der Waals surface area contributed by atoms with Crippen molar-refractivity contribution >= 4 is 38.0 Å². The molecule has 6 rings (SSSR count). The minimum absolute atomic E-state index is 0.418. The molecule has 1 saturated carbocycles. The monoisotopic (exact) mass is 523 g/mol. The molecule has 1 spiro atoms. The molecule has 4 aromatic heterocycles. The van der Waals surface area contributed by atoms with Crippen molar-refractivity contribution in [3.63, 3.8) is 0 Å². The quantitative estimate of drug-likeness (QED) is 0.340. The van der Waals surface area contributed by atoms with Gasteiger partial charge >= 0.3 is 0 Å². The Morgan fingerprint density at radius 2 is 2.00 bits per heavy atom. The van der Waals surface area contributed by atoms with Gasteiger partial charge < -0.3 is 9.88 Å². The zero-order chi connectivity index (χ0) is 25.4. The number of likely N-dealkylation sites (tertiary alicyclic amines) is 1. The van der Waals surface area contributed by atoms with E-state index in [1.165, 1.54) is 76.1 Å². The number of aryl methyl sites for hydroxylation is 2. The Kier molecular flexibility index (Phi) is 5.93. The van der Waals surface area contributed by atoms with Crippen LogP contribution in [0.5, 0.6) is 0 Å². The van der Waals surface area contributed by atoms with Gasteiger partial charge in [0.1, 0.15) is 11.2 Å². The normalized spacial score (nSPS) is 23.5. The number of pyridine rings is 1. The van der Waals surface area contributed by atoms with Crippen LogP contribution in [0.25, 0.3) is 27.1 Å². The van der Waals surface area contributed by atoms with Crippen LogP contribution < -0.4 is 0 Å². The van der Waals surface area contributed by atoms with Crippen LogP contribution in [0.1, 0.15) is 72.1 Å². The van der Waals surface area contributed by atoms with Gasteiger partial charge in [0.05, 0.1) is 5.69 Å². The van der Waals surface area contributed by atoms with Crippen molar-refractivity contribution < 1.29 is 4.21 Å². The minimum atomic E-state index is -0.696. The number of fused-ring (bicyclic) bond motifs is 2. The molecular formula is C28H37N5OS2. The number of thiophene rings is 1. The van der Waals surface area contributed by atoms with Crippen molar-refractivity contribution in [1.29, 1.82) is 0 Å². The van der Waals surface area contributed by atoms with Crippen molar-refractivity contribution in [3.05, 3.63) is 39.7 Å². The van der Waals surface area contributed by atoms with Crippen LogP contribution in [0.3, 0.4) is 0 Å². The van der Waals surface area contributed by atoms with Gasteiger partial charge in [-0.15, -0.1) is 11.3 Å². The van der Waals surface area contributed by atoms with E-state index in [1.54, 1.807) is 11.2 Å². The van der Waals surface area contributed by atoms with E-state index in [2.05, 4.69) is 60.8 Å². The van der Waals surface area contributed by atoms with E-state index in [0.717, 1.165) is 17.9 Å². The summed E-state index contributed by atoms with van der Waals surface area (Å²) in [5.74, 6) is 1.90. The first kappa shape index (κ1) is 24.3. The third-order valence-corrected chi connectivity index (χ3v) is 11.0. The molecule has 1 saturated heterocycles. The molecule has 2 fully saturated rings. The molecule has 1 unspecified atom stereocenters. The number of nitrogens with zero attached hydrogens (tertiary/aromatic N) is 4. The smallest absolute Gasteiger partial charge is 0.158 e. The lowest BCUT2D eigenvalue weighted by molar-refractivity contribution is 0.111. The fourth-order valence-electron chi connectivity index (χ4n) is 6.86. The van der Waals surface area contributed by atoms with Crippen LogP contribution in [0.15, 0.2) is 12.5 Å². The first-order chi connectivity index (χ1) is 17.2. The predicted molar refractivity (Wildman–Crippen MR) is 151 cm³/mol. The van der Waals surface area contributed by atoms with Gasteiger partial charge in [-0.1, -0.05) is 13.8 Å². The summed E-state index contributed by atoms with van der Waals surface area (Å²) < 4.78 is 13.4. The van der Waals surface area contributed by atoms with E-state index in [9.17, 15) is 4.21 Å². The summed E-state index contributed by atoms with van der Waals surface area (Å²) in [6.07, 6.45) is 9.49. The number of rotatable bonds is 6. The number of nitrogens with one attached hydrogen (secondary N) is 1. The second kappa shape index (κ2) is 8.77. The van der Waals surface area contributed by atoms with Gasteiger partial charge in [-0.05, 0) is 86.1 Å². The predicted octanol–water partition coefficient (Wildman–Crippen LogP) is 5.94. The topological polar surface area (TPSA) is 66.3 Å². The third-order valence-electron chi connectivity index (χ3n) is 8.88. The van der Waals surface area contributed by atoms with Crippen molar-refractivity contribution in [1.82, 2.24) is 24.5 Å². The Morgan fingerprint density at radius 3 is 2.72 bits per heavy atom. The maximum atomic E-state index is 11.5. The van der Waals surface area contributed by atoms with Crippen LogP contribution in [0.4, 0.5) is 0 Å². The van der Waals surface area contributed by atoms with Gasteiger partial charge in [-0.25, -0.2) is 9.50 Å². The van der Waals surface area contributed by atoms with Gasteiger partial charge in [0.15, 0.2) is 5.65 Å². The molecule has 1 aliphatic carbocycles. The molecular weight excluding hydrogens is 486 g/mol. The highest BCUT2D eigenvalue weighted by Crippen LogP contribution is 2.58. The summed E-state index contributed by atoms with van der Waals surface area (Å²) in [6.45, 7) is 14.7. The first-order valence-corrected chi connectivity index (χ1v) is 15.7. The van der Waals surface area contributed by atoms with Crippen LogP contribution in [-0.4, -0.2) is 60.3 Å². The average Bonchev–Trinajstić information content (AvgIpc) is 3.57. The Morgan fingerprint density at radius 1 is 1.22 bits per heavy atom. The second-order valence-electron chi connectivity index (χ2n) is 11.6. The van der Waals surface area contributed by atoms with Crippen LogP contribution in [0, 0.1) is 26.2 Å². The molecule has 0 radical (unpaired) electrons. The lowest BCUT2D eigenvalue weighted by Gasteiger charge is -2.45. The lowest BCUT2D eigenvalue weighted by atomic mass is 9.60. The molecule has 4 aromatic rings. The van der Waals surface area contributed by atoms with Gasteiger partial charge in [-0.2, -0.15) is 5.10 Å². The second-order valence-corrected chi connectivity index (χ2v) is 14.2. The summed E-state index contributed by atoms with van der Waals surface area (Å²) in [6, 6.07) is 0. The molecule has 0 aromatic carbocycles. The van der Waals surface area contributed by atoms with E-state index in [0.29, 0.717) is 17.3 Å². The first-order valence-electron chi connectivity index (χ1n) is 13.1. The Hall–Kier alpha value is -2.03. The summed E-state index contributed by atoms with van der Waals surface area (Å²) >= 11 is 1.98. The summed E-state index contributed by atoms with van der Waals surface area (Å²) in [5, 5.41) is 5.87. The molecule has 1 aliphatic heterocycles. The molecule has 192 valence electrons. The van der Waals surface area contributed by atoms with Crippen molar-refractivity contribution in [2.75, 3.05) is 31.6 Å². The lowest BCUT2D eigenvalue weighted by Crippen LogP contribution is -2.39. The highest BCUT2D eigenvalue weighted by molar-refractivity contribution is 7.84. The number of hydrogen-bond acceptors (Lipinski definition) is 5. The fraction of sp³-hybridized carbons (Fsp3) is 0.571. The minimum Gasteiger partial charge on any atom is -0.346 e. The zero-order valence-corrected chi connectivity index (χ0v) is 23.9. The van der Waals surface area contributed by atoms with Crippen LogP contribution in [0.2, 0.25) is 0 Å². The van der Waals surface area contributed by atoms with Crippen molar-refractivity contribution in [3.8, 4) is 11.3 Å². The molecule has 1 N–H and O–H groups in total. The van der Waals surface area contributed by atoms with Gasteiger partial charge in [-0.3, -0.25) is 4.21 Å². The Balaban J connectivity index is 1.32. The standard InChI is InChI=1S/C28H37N5OS2/c1-16(2)22-23-19(5)25(20-11-28(12-20)7-8-32(14-28)9-10-36(6)34)35-27(23)31-24(22)21-13-33-26(29-15-30-33)18(4)17(21)3/h13,15-16,20,31H,7-12,14H2,1-6H3. The number of hydrogen-bond donors (Lipinski definition) is 1. The van der Waals surface area contributed by atoms with Crippen molar-refractivity contribution in [2.45, 2.75) is 65.7 Å². The molecule has 6 nitrogen and oxygen atoms in total. The molecule has 36 heavy (non-hydrogen) atoms. The van der Waals surface area contributed by atoms with Gasteiger partial charge in [0.2, 0.25) is 0 Å².